The van der Waals surface area contributed by atoms with Crippen molar-refractivity contribution < 1.29 is 36.2 Å². The summed E-state index contributed by atoms with van der Waals surface area (Å²) >= 11 is 5.84. The van der Waals surface area contributed by atoms with Crippen molar-refractivity contribution in [3.63, 3.8) is 0 Å². The SMILES string of the molecule is CCOC(=O)CCc1cc(F)c(OCc2c(C(F)(F)F)ccn2-c2ccc(Cl)cc2)c(F)c1. The molecule has 0 N–H and O–H groups in total. The minimum Gasteiger partial charge on any atom is -0.481 e. The van der Waals surface area contributed by atoms with Crippen LogP contribution < -0.4 is 4.74 Å². The normalized spacial score (nSPS) is 11.5. The number of aromatic nitrogens is 1. The first kappa shape index (κ1) is 24.6. The molecule has 3 rings (SSSR count). The fraction of sp³-hybridized carbons (Fsp3) is 0.261. The number of alkyl halides is 3. The first-order valence-electron chi connectivity index (χ1n) is 9.89. The molecule has 0 fully saturated rings. The van der Waals surface area contributed by atoms with Gasteiger partial charge in [-0.3, -0.25) is 4.79 Å². The van der Waals surface area contributed by atoms with Crippen molar-refractivity contribution in [1.29, 1.82) is 0 Å². The van der Waals surface area contributed by atoms with Crippen LogP contribution in [0.4, 0.5) is 22.0 Å². The van der Waals surface area contributed by atoms with Gasteiger partial charge in [0, 0.05) is 23.3 Å². The summed E-state index contributed by atoms with van der Waals surface area (Å²) in [5.74, 6) is -3.51. The van der Waals surface area contributed by atoms with Gasteiger partial charge in [-0.1, -0.05) is 11.6 Å². The number of benzene rings is 2. The van der Waals surface area contributed by atoms with Crippen molar-refractivity contribution >= 4 is 17.6 Å². The predicted octanol–water partition coefficient (Wildman–Crippen LogP) is 6.50. The van der Waals surface area contributed by atoms with E-state index in [0.29, 0.717) is 10.7 Å². The van der Waals surface area contributed by atoms with Crippen LogP contribution in [0, 0.1) is 11.6 Å². The van der Waals surface area contributed by atoms with Crippen LogP contribution >= 0.6 is 11.6 Å². The van der Waals surface area contributed by atoms with Gasteiger partial charge in [0.25, 0.3) is 0 Å². The van der Waals surface area contributed by atoms with Crippen LogP contribution in [0.15, 0.2) is 48.7 Å². The van der Waals surface area contributed by atoms with Gasteiger partial charge in [-0.2, -0.15) is 13.2 Å². The fourth-order valence-corrected chi connectivity index (χ4v) is 3.35. The monoisotopic (exact) mass is 487 g/mol. The number of rotatable bonds is 8. The standard InChI is InChI=1S/C23H19ClF5NO3/c1-2-32-21(31)8-3-14-11-18(25)22(19(26)12-14)33-13-20-17(23(27,28)29)9-10-30(20)16-6-4-15(24)5-7-16/h4-7,9-12H,2-3,8,13H2,1H3. The first-order valence-corrected chi connectivity index (χ1v) is 10.3. The minimum absolute atomic E-state index is 0.0323. The molecule has 4 nitrogen and oxygen atoms in total. The maximum Gasteiger partial charge on any atom is 0.418 e. The van der Waals surface area contributed by atoms with Crippen molar-refractivity contribution in [2.45, 2.75) is 32.5 Å². The second-order valence-corrected chi connectivity index (χ2v) is 7.44. The Morgan fingerprint density at radius 1 is 1.06 bits per heavy atom. The van der Waals surface area contributed by atoms with Crippen LogP contribution in [0.1, 0.15) is 30.2 Å². The van der Waals surface area contributed by atoms with Crippen molar-refractivity contribution in [2.75, 3.05) is 6.61 Å². The molecule has 0 radical (unpaired) electrons. The average molecular weight is 488 g/mol. The van der Waals surface area contributed by atoms with Gasteiger partial charge in [-0.05, 0) is 61.4 Å². The van der Waals surface area contributed by atoms with E-state index in [0.717, 1.165) is 18.2 Å². The van der Waals surface area contributed by atoms with Crippen molar-refractivity contribution in [1.82, 2.24) is 4.57 Å². The fourth-order valence-electron chi connectivity index (χ4n) is 3.23. The van der Waals surface area contributed by atoms with E-state index in [2.05, 4.69) is 0 Å². The van der Waals surface area contributed by atoms with Crippen LogP contribution in [0.5, 0.6) is 5.75 Å². The average Bonchev–Trinajstić information content (AvgIpc) is 3.17. The maximum atomic E-state index is 14.5. The number of aryl methyl sites for hydroxylation is 1. The molecule has 0 amide bonds. The van der Waals surface area contributed by atoms with E-state index in [-0.39, 0.29) is 30.7 Å². The predicted molar refractivity (Wildman–Crippen MR) is 111 cm³/mol. The Bertz CT molecular complexity index is 1100. The van der Waals surface area contributed by atoms with Gasteiger partial charge >= 0.3 is 12.1 Å². The molecule has 0 unspecified atom stereocenters. The highest BCUT2D eigenvalue weighted by Gasteiger charge is 2.36. The van der Waals surface area contributed by atoms with Gasteiger partial charge in [-0.25, -0.2) is 8.78 Å². The number of nitrogens with zero attached hydrogens (tertiary/aromatic N) is 1. The molecule has 33 heavy (non-hydrogen) atoms. The van der Waals surface area contributed by atoms with Gasteiger partial charge in [0.2, 0.25) is 0 Å². The Kier molecular flexibility index (Phi) is 7.63. The maximum absolute atomic E-state index is 14.5. The molecule has 0 saturated carbocycles. The number of halogens is 6. The van der Waals surface area contributed by atoms with E-state index < -0.39 is 41.7 Å². The zero-order chi connectivity index (χ0) is 24.2. The lowest BCUT2D eigenvalue weighted by molar-refractivity contribution is -0.143. The van der Waals surface area contributed by atoms with Crippen LogP contribution in [0.2, 0.25) is 5.02 Å². The molecule has 0 aliphatic rings. The highest BCUT2D eigenvalue weighted by Crippen LogP contribution is 2.35. The van der Waals surface area contributed by atoms with E-state index >= 15 is 0 Å². The Morgan fingerprint density at radius 3 is 2.27 bits per heavy atom. The third-order valence-electron chi connectivity index (χ3n) is 4.74. The summed E-state index contributed by atoms with van der Waals surface area (Å²) in [6.45, 7) is 1.07. The molecule has 0 aliphatic carbocycles. The summed E-state index contributed by atoms with van der Waals surface area (Å²) in [5, 5.41) is 0.395. The van der Waals surface area contributed by atoms with Gasteiger partial charge in [0.05, 0.1) is 17.9 Å². The Balaban J connectivity index is 1.85. The molecule has 3 aromatic rings. The Labute approximate surface area is 191 Å². The molecular formula is C23H19ClF5NO3. The van der Waals surface area contributed by atoms with Crippen molar-refractivity contribution in [3.8, 4) is 11.4 Å². The van der Waals surface area contributed by atoms with Gasteiger partial charge in [-0.15, -0.1) is 0 Å². The summed E-state index contributed by atoms with van der Waals surface area (Å²) in [6.07, 6.45) is -3.55. The van der Waals surface area contributed by atoms with Crippen molar-refractivity contribution in [3.05, 3.63) is 82.1 Å². The van der Waals surface area contributed by atoms with Crippen LogP contribution in [0.3, 0.4) is 0 Å². The lowest BCUT2D eigenvalue weighted by Gasteiger charge is -2.15. The summed E-state index contributed by atoms with van der Waals surface area (Å²) in [5.41, 5.74) is -0.783. The number of esters is 1. The minimum atomic E-state index is -4.70. The van der Waals surface area contributed by atoms with Crippen molar-refractivity contribution in [2.24, 2.45) is 0 Å². The van der Waals surface area contributed by atoms with E-state index in [4.69, 9.17) is 21.1 Å². The van der Waals surface area contributed by atoms with Crippen LogP contribution in [-0.4, -0.2) is 17.1 Å². The van der Waals surface area contributed by atoms with Crippen LogP contribution in [0.25, 0.3) is 5.69 Å². The zero-order valence-corrected chi connectivity index (χ0v) is 18.1. The molecule has 0 spiro atoms. The zero-order valence-electron chi connectivity index (χ0n) is 17.4. The smallest absolute Gasteiger partial charge is 0.418 e. The molecule has 0 aliphatic heterocycles. The molecule has 1 heterocycles. The Morgan fingerprint density at radius 2 is 1.70 bits per heavy atom. The molecular weight excluding hydrogens is 469 g/mol. The largest absolute Gasteiger partial charge is 0.481 e. The molecule has 1 aromatic heterocycles. The summed E-state index contributed by atoms with van der Waals surface area (Å²) < 4.78 is 80.6. The molecule has 176 valence electrons. The third kappa shape index (κ3) is 6.04. The number of carbonyl (C=O) groups excluding carboxylic acids is 1. The third-order valence-corrected chi connectivity index (χ3v) is 4.99. The lowest BCUT2D eigenvalue weighted by Crippen LogP contribution is -2.13. The molecule has 10 heteroatoms. The highest BCUT2D eigenvalue weighted by molar-refractivity contribution is 6.30. The molecule has 2 aromatic carbocycles. The lowest BCUT2D eigenvalue weighted by atomic mass is 10.1. The summed E-state index contributed by atoms with van der Waals surface area (Å²) in [7, 11) is 0. The van der Waals surface area contributed by atoms with Crippen LogP contribution in [-0.2, 0) is 28.7 Å². The van der Waals surface area contributed by atoms with E-state index in [1.54, 1.807) is 6.92 Å². The first-order chi connectivity index (χ1) is 15.6. The summed E-state index contributed by atoms with van der Waals surface area (Å²) in [4.78, 5) is 11.4. The second kappa shape index (κ2) is 10.2. The Hall–Kier alpha value is -3.07. The number of ether oxygens (including phenoxy) is 2. The highest BCUT2D eigenvalue weighted by atomic mass is 35.5. The number of hydrogen-bond donors (Lipinski definition) is 0. The summed E-state index contributed by atoms with van der Waals surface area (Å²) in [6, 6.07) is 8.82. The molecule has 0 atom stereocenters. The number of hydrogen-bond acceptors (Lipinski definition) is 3. The second-order valence-electron chi connectivity index (χ2n) is 7.00. The molecule has 0 bridgehead atoms. The van der Waals surface area contributed by atoms with E-state index in [1.807, 2.05) is 0 Å². The topological polar surface area (TPSA) is 40.5 Å². The van der Waals surface area contributed by atoms with E-state index in [9.17, 15) is 26.7 Å². The number of carbonyl (C=O) groups is 1. The van der Waals surface area contributed by atoms with Gasteiger partial charge < -0.3 is 14.0 Å². The van der Waals surface area contributed by atoms with Gasteiger partial charge in [0.15, 0.2) is 17.4 Å². The quantitative estimate of drug-likeness (QED) is 0.269. The van der Waals surface area contributed by atoms with E-state index in [1.165, 1.54) is 35.0 Å². The molecule has 0 saturated heterocycles. The van der Waals surface area contributed by atoms with Gasteiger partial charge in [0.1, 0.15) is 6.61 Å².